The number of nitrogens with zero attached hydrogens (tertiary/aromatic N) is 4. The third-order valence-electron chi connectivity index (χ3n) is 3.92. The minimum Gasteiger partial charge on any atom is -0.356 e. The van der Waals surface area contributed by atoms with Crippen molar-refractivity contribution in [2.24, 2.45) is 4.99 Å². The van der Waals surface area contributed by atoms with Crippen molar-refractivity contribution in [1.82, 2.24) is 25.4 Å². The molecule has 0 aliphatic rings. The predicted molar refractivity (Wildman–Crippen MR) is 99.7 cm³/mol. The van der Waals surface area contributed by atoms with Gasteiger partial charge >= 0.3 is 0 Å². The Morgan fingerprint density at radius 3 is 2.42 bits per heavy atom. The number of aromatic nitrogens is 3. The van der Waals surface area contributed by atoms with Gasteiger partial charge in [-0.15, -0.1) is 0 Å². The Morgan fingerprint density at radius 1 is 1.04 bits per heavy atom. The van der Waals surface area contributed by atoms with Gasteiger partial charge in [-0.1, -0.05) is 24.3 Å². The number of halogens is 1. The van der Waals surface area contributed by atoms with E-state index in [9.17, 15) is 4.39 Å². The number of nitrogens with one attached hydrogen (secondary N) is 2. The molecule has 0 bridgehead atoms. The first-order valence-corrected chi connectivity index (χ1v) is 8.37. The Balaban J connectivity index is 1.45. The Labute approximate surface area is 151 Å². The van der Waals surface area contributed by atoms with Crippen LogP contribution in [0.15, 0.2) is 66.2 Å². The molecule has 0 unspecified atom stereocenters. The monoisotopic (exact) mass is 352 g/mol. The maximum atomic E-state index is 12.9. The standard InChI is InChI=1S/C19H21FN6/c1-21-19(23-11-10-15-2-6-17(20)7-3-15)24-12-16-4-8-18(9-5-16)26-14-22-13-25-26/h2-9,13-14H,10-12H2,1H3,(H2,21,23,24). The summed E-state index contributed by atoms with van der Waals surface area (Å²) in [6.07, 6.45) is 3.98. The normalized spacial score (nSPS) is 11.4. The van der Waals surface area contributed by atoms with Gasteiger partial charge in [0, 0.05) is 20.1 Å². The average molecular weight is 352 g/mol. The molecule has 7 heteroatoms. The van der Waals surface area contributed by atoms with Crippen molar-refractivity contribution >= 4 is 5.96 Å². The van der Waals surface area contributed by atoms with Crippen LogP contribution in [-0.2, 0) is 13.0 Å². The first-order valence-electron chi connectivity index (χ1n) is 8.37. The van der Waals surface area contributed by atoms with Crippen LogP contribution in [0.3, 0.4) is 0 Å². The van der Waals surface area contributed by atoms with Crippen LogP contribution < -0.4 is 10.6 Å². The van der Waals surface area contributed by atoms with Crippen molar-refractivity contribution in [3.05, 3.63) is 78.1 Å². The fourth-order valence-electron chi connectivity index (χ4n) is 2.49. The summed E-state index contributed by atoms with van der Waals surface area (Å²) < 4.78 is 14.6. The zero-order chi connectivity index (χ0) is 18.2. The van der Waals surface area contributed by atoms with Crippen LogP contribution in [-0.4, -0.2) is 34.3 Å². The molecule has 1 aromatic heterocycles. The number of guanidine groups is 1. The van der Waals surface area contributed by atoms with E-state index in [-0.39, 0.29) is 5.82 Å². The predicted octanol–water partition coefficient (Wildman–Crippen LogP) is 2.31. The molecule has 0 aliphatic carbocycles. The molecule has 0 fully saturated rings. The molecule has 2 aromatic carbocycles. The quantitative estimate of drug-likeness (QED) is 0.528. The van der Waals surface area contributed by atoms with Gasteiger partial charge in [-0.2, -0.15) is 5.10 Å². The van der Waals surface area contributed by atoms with Crippen LogP contribution >= 0.6 is 0 Å². The van der Waals surface area contributed by atoms with Crippen molar-refractivity contribution < 1.29 is 4.39 Å². The fourth-order valence-corrected chi connectivity index (χ4v) is 2.49. The van der Waals surface area contributed by atoms with Gasteiger partial charge in [0.2, 0.25) is 0 Å². The third kappa shape index (κ3) is 4.89. The van der Waals surface area contributed by atoms with Crippen LogP contribution in [0.4, 0.5) is 4.39 Å². The molecule has 0 saturated carbocycles. The van der Waals surface area contributed by atoms with Gasteiger partial charge in [-0.3, -0.25) is 4.99 Å². The van der Waals surface area contributed by atoms with Crippen LogP contribution in [0.5, 0.6) is 0 Å². The van der Waals surface area contributed by atoms with E-state index in [4.69, 9.17) is 0 Å². The molecule has 2 N–H and O–H groups in total. The number of rotatable bonds is 6. The maximum absolute atomic E-state index is 12.9. The summed E-state index contributed by atoms with van der Waals surface area (Å²) in [7, 11) is 1.74. The molecular formula is C19H21FN6. The number of benzene rings is 2. The van der Waals surface area contributed by atoms with E-state index < -0.39 is 0 Å². The molecule has 3 aromatic rings. The lowest BCUT2D eigenvalue weighted by Crippen LogP contribution is -2.37. The summed E-state index contributed by atoms with van der Waals surface area (Å²) in [4.78, 5) is 8.16. The van der Waals surface area contributed by atoms with Gasteiger partial charge in [0.15, 0.2) is 5.96 Å². The molecule has 0 amide bonds. The highest BCUT2D eigenvalue weighted by Gasteiger charge is 2.01. The van der Waals surface area contributed by atoms with Crippen LogP contribution in [0, 0.1) is 5.82 Å². The number of hydrogen-bond donors (Lipinski definition) is 2. The molecule has 6 nitrogen and oxygen atoms in total. The Morgan fingerprint density at radius 2 is 1.77 bits per heavy atom. The molecule has 1 heterocycles. The van der Waals surface area contributed by atoms with Crippen molar-refractivity contribution in [3.8, 4) is 5.69 Å². The van der Waals surface area contributed by atoms with Crippen LogP contribution in [0.1, 0.15) is 11.1 Å². The minimum absolute atomic E-state index is 0.214. The molecule has 0 aliphatic heterocycles. The van der Waals surface area contributed by atoms with E-state index in [2.05, 4.69) is 25.7 Å². The lowest BCUT2D eigenvalue weighted by atomic mass is 10.1. The lowest BCUT2D eigenvalue weighted by molar-refractivity contribution is 0.626. The molecule has 26 heavy (non-hydrogen) atoms. The van der Waals surface area contributed by atoms with Gasteiger partial charge in [-0.25, -0.2) is 14.1 Å². The summed E-state index contributed by atoms with van der Waals surface area (Å²) >= 11 is 0. The van der Waals surface area contributed by atoms with Gasteiger partial charge in [0.1, 0.15) is 18.5 Å². The van der Waals surface area contributed by atoms with E-state index in [1.165, 1.54) is 18.5 Å². The summed E-state index contributed by atoms with van der Waals surface area (Å²) in [5.41, 5.74) is 3.18. The highest BCUT2D eigenvalue weighted by atomic mass is 19.1. The van der Waals surface area contributed by atoms with E-state index in [1.807, 2.05) is 24.3 Å². The summed E-state index contributed by atoms with van der Waals surface area (Å²) in [5, 5.41) is 10.6. The summed E-state index contributed by atoms with van der Waals surface area (Å²) in [5.74, 6) is 0.515. The largest absolute Gasteiger partial charge is 0.356 e. The smallest absolute Gasteiger partial charge is 0.191 e. The van der Waals surface area contributed by atoms with Crippen LogP contribution in [0.25, 0.3) is 5.69 Å². The average Bonchev–Trinajstić information content (AvgIpc) is 3.21. The molecule has 0 spiro atoms. The van der Waals surface area contributed by atoms with E-state index in [0.29, 0.717) is 6.54 Å². The highest BCUT2D eigenvalue weighted by molar-refractivity contribution is 5.79. The lowest BCUT2D eigenvalue weighted by Gasteiger charge is -2.12. The molecule has 134 valence electrons. The second kappa shape index (κ2) is 8.75. The SMILES string of the molecule is CN=C(NCCc1ccc(F)cc1)NCc1ccc(-n2cncn2)cc1. The Bertz CT molecular complexity index is 825. The van der Waals surface area contributed by atoms with E-state index in [1.54, 1.807) is 30.2 Å². The molecule has 3 rings (SSSR count). The van der Waals surface area contributed by atoms with Crippen molar-refractivity contribution in [1.29, 1.82) is 0 Å². The van der Waals surface area contributed by atoms with Gasteiger partial charge < -0.3 is 10.6 Å². The van der Waals surface area contributed by atoms with Gasteiger partial charge in [0.05, 0.1) is 5.69 Å². The van der Waals surface area contributed by atoms with Gasteiger partial charge in [0.25, 0.3) is 0 Å². The second-order valence-electron chi connectivity index (χ2n) is 5.74. The van der Waals surface area contributed by atoms with Gasteiger partial charge in [-0.05, 0) is 41.8 Å². The zero-order valence-electron chi connectivity index (χ0n) is 14.6. The minimum atomic E-state index is -0.214. The van der Waals surface area contributed by atoms with Crippen LogP contribution in [0.2, 0.25) is 0 Å². The fraction of sp³-hybridized carbons (Fsp3) is 0.211. The molecular weight excluding hydrogens is 331 g/mol. The first-order chi connectivity index (χ1) is 12.7. The Hall–Kier alpha value is -3.22. The summed E-state index contributed by atoms with van der Waals surface area (Å²) in [6, 6.07) is 14.6. The second-order valence-corrected chi connectivity index (χ2v) is 5.74. The third-order valence-corrected chi connectivity index (χ3v) is 3.92. The number of aliphatic imine (C=N–C) groups is 1. The van der Waals surface area contributed by atoms with E-state index in [0.717, 1.165) is 35.7 Å². The number of hydrogen-bond acceptors (Lipinski definition) is 3. The molecule has 0 atom stereocenters. The zero-order valence-corrected chi connectivity index (χ0v) is 14.6. The highest BCUT2D eigenvalue weighted by Crippen LogP contribution is 2.08. The molecule has 0 saturated heterocycles. The molecule has 0 radical (unpaired) electrons. The van der Waals surface area contributed by atoms with E-state index >= 15 is 0 Å². The van der Waals surface area contributed by atoms with Crippen molar-refractivity contribution in [3.63, 3.8) is 0 Å². The first kappa shape index (κ1) is 17.6. The Kier molecular flexibility index (Phi) is 5.92. The van der Waals surface area contributed by atoms with Crippen molar-refractivity contribution in [2.75, 3.05) is 13.6 Å². The topological polar surface area (TPSA) is 67.1 Å². The van der Waals surface area contributed by atoms with Crippen molar-refractivity contribution in [2.45, 2.75) is 13.0 Å². The maximum Gasteiger partial charge on any atom is 0.191 e. The summed E-state index contributed by atoms with van der Waals surface area (Å²) in [6.45, 7) is 1.38.